The van der Waals surface area contributed by atoms with Crippen molar-refractivity contribution in [3.05, 3.63) is 29.3 Å². The van der Waals surface area contributed by atoms with Crippen molar-refractivity contribution in [2.75, 3.05) is 20.3 Å². The number of methoxy groups -OCH3 is 1. The highest BCUT2D eigenvalue weighted by molar-refractivity contribution is 5.36. The third-order valence-electron chi connectivity index (χ3n) is 3.11. The van der Waals surface area contributed by atoms with Gasteiger partial charge in [-0.1, -0.05) is 6.07 Å². The van der Waals surface area contributed by atoms with Gasteiger partial charge in [-0.05, 0) is 30.5 Å². The number of rotatable bonds is 6. The molecule has 1 fully saturated rings. The average molecular weight is 252 g/mol. The molecule has 0 amide bonds. The largest absolute Gasteiger partial charge is 0.496 e. The van der Waals surface area contributed by atoms with Crippen molar-refractivity contribution in [3.8, 4) is 5.75 Å². The SMILES string of the molecule is COc1ccc(CO)cc1COCC1CCCO1. The molecule has 0 bridgehead atoms. The number of aliphatic hydroxyl groups excluding tert-OH is 1. The molecular weight excluding hydrogens is 232 g/mol. The van der Waals surface area contributed by atoms with E-state index >= 15 is 0 Å². The molecule has 4 heteroatoms. The highest BCUT2D eigenvalue weighted by Gasteiger charge is 2.15. The molecule has 0 radical (unpaired) electrons. The summed E-state index contributed by atoms with van der Waals surface area (Å²) < 4.78 is 16.4. The van der Waals surface area contributed by atoms with Gasteiger partial charge in [-0.15, -0.1) is 0 Å². The molecule has 0 spiro atoms. The molecule has 1 atom stereocenters. The summed E-state index contributed by atoms with van der Waals surface area (Å²) in [5.74, 6) is 0.791. The lowest BCUT2D eigenvalue weighted by Crippen LogP contribution is -2.14. The van der Waals surface area contributed by atoms with Crippen LogP contribution in [0.5, 0.6) is 5.75 Å². The number of hydrogen-bond acceptors (Lipinski definition) is 4. The van der Waals surface area contributed by atoms with Crippen LogP contribution < -0.4 is 4.74 Å². The van der Waals surface area contributed by atoms with Gasteiger partial charge < -0.3 is 19.3 Å². The first kappa shape index (κ1) is 13.3. The molecule has 4 nitrogen and oxygen atoms in total. The van der Waals surface area contributed by atoms with Gasteiger partial charge in [0.15, 0.2) is 0 Å². The van der Waals surface area contributed by atoms with Gasteiger partial charge in [0.05, 0.1) is 33.0 Å². The lowest BCUT2D eigenvalue weighted by molar-refractivity contribution is 0.0101. The fraction of sp³-hybridized carbons (Fsp3) is 0.571. The van der Waals surface area contributed by atoms with Crippen molar-refractivity contribution in [3.63, 3.8) is 0 Å². The molecule has 0 aliphatic carbocycles. The summed E-state index contributed by atoms with van der Waals surface area (Å²) >= 11 is 0. The zero-order valence-corrected chi connectivity index (χ0v) is 10.7. The minimum Gasteiger partial charge on any atom is -0.496 e. The fourth-order valence-corrected chi connectivity index (χ4v) is 2.12. The van der Waals surface area contributed by atoms with Gasteiger partial charge in [-0.25, -0.2) is 0 Å². The summed E-state index contributed by atoms with van der Waals surface area (Å²) in [5.41, 5.74) is 1.83. The molecule has 2 rings (SSSR count). The minimum atomic E-state index is 0.0305. The Morgan fingerprint density at radius 2 is 2.33 bits per heavy atom. The monoisotopic (exact) mass is 252 g/mol. The summed E-state index contributed by atoms with van der Waals surface area (Å²) in [6.07, 6.45) is 2.43. The molecule has 0 saturated carbocycles. The predicted molar refractivity (Wildman–Crippen MR) is 67.5 cm³/mol. The molecule has 1 aliphatic heterocycles. The Morgan fingerprint density at radius 1 is 1.44 bits per heavy atom. The standard InChI is InChI=1S/C14H20O4/c1-16-14-5-4-11(8-15)7-12(14)9-17-10-13-3-2-6-18-13/h4-5,7,13,15H,2-3,6,8-10H2,1H3. The van der Waals surface area contributed by atoms with Crippen molar-refractivity contribution in [2.45, 2.75) is 32.2 Å². The van der Waals surface area contributed by atoms with Gasteiger partial charge in [0.1, 0.15) is 5.75 Å². The van der Waals surface area contributed by atoms with Gasteiger partial charge in [0.25, 0.3) is 0 Å². The van der Waals surface area contributed by atoms with Crippen molar-refractivity contribution < 1.29 is 19.3 Å². The Bertz CT molecular complexity index is 372. The molecule has 1 saturated heterocycles. The van der Waals surface area contributed by atoms with Gasteiger partial charge in [-0.3, -0.25) is 0 Å². The van der Waals surface area contributed by atoms with Crippen LogP contribution in [0.3, 0.4) is 0 Å². The van der Waals surface area contributed by atoms with E-state index in [4.69, 9.17) is 19.3 Å². The average Bonchev–Trinajstić information content (AvgIpc) is 2.92. The quantitative estimate of drug-likeness (QED) is 0.840. The number of hydrogen-bond donors (Lipinski definition) is 1. The van der Waals surface area contributed by atoms with Crippen LogP contribution in [0, 0.1) is 0 Å². The van der Waals surface area contributed by atoms with E-state index in [1.165, 1.54) is 0 Å². The van der Waals surface area contributed by atoms with E-state index in [-0.39, 0.29) is 12.7 Å². The van der Waals surface area contributed by atoms with Crippen molar-refractivity contribution in [1.82, 2.24) is 0 Å². The zero-order valence-electron chi connectivity index (χ0n) is 10.7. The number of aliphatic hydroxyl groups is 1. The van der Waals surface area contributed by atoms with Crippen molar-refractivity contribution in [1.29, 1.82) is 0 Å². The van der Waals surface area contributed by atoms with E-state index in [9.17, 15) is 0 Å². The van der Waals surface area contributed by atoms with E-state index in [0.29, 0.717) is 13.2 Å². The maximum absolute atomic E-state index is 9.12. The lowest BCUT2D eigenvalue weighted by Gasteiger charge is -2.13. The smallest absolute Gasteiger partial charge is 0.124 e. The van der Waals surface area contributed by atoms with E-state index in [1.807, 2.05) is 18.2 Å². The first-order valence-corrected chi connectivity index (χ1v) is 6.29. The van der Waals surface area contributed by atoms with Crippen LogP contribution in [0.15, 0.2) is 18.2 Å². The summed E-state index contributed by atoms with van der Waals surface area (Å²) in [7, 11) is 1.64. The summed E-state index contributed by atoms with van der Waals surface area (Å²) in [6, 6.07) is 5.62. The first-order chi connectivity index (χ1) is 8.83. The highest BCUT2D eigenvalue weighted by Crippen LogP contribution is 2.21. The topological polar surface area (TPSA) is 47.9 Å². The molecule has 1 aliphatic rings. The second kappa shape index (κ2) is 6.73. The zero-order chi connectivity index (χ0) is 12.8. The van der Waals surface area contributed by atoms with E-state index in [1.54, 1.807) is 7.11 Å². The minimum absolute atomic E-state index is 0.0305. The Hall–Kier alpha value is -1.10. The van der Waals surface area contributed by atoms with Crippen molar-refractivity contribution >= 4 is 0 Å². The fourth-order valence-electron chi connectivity index (χ4n) is 2.12. The molecule has 1 aromatic rings. The van der Waals surface area contributed by atoms with Crippen LogP contribution in [0.25, 0.3) is 0 Å². The van der Waals surface area contributed by atoms with Crippen LogP contribution >= 0.6 is 0 Å². The first-order valence-electron chi connectivity index (χ1n) is 6.29. The summed E-state index contributed by atoms with van der Waals surface area (Å²) in [4.78, 5) is 0. The second-order valence-corrected chi connectivity index (χ2v) is 4.45. The maximum atomic E-state index is 9.12. The molecule has 1 aromatic carbocycles. The lowest BCUT2D eigenvalue weighted by atomic mass is 10.1. The molecule has 1 N–H and O–H groups in total. The summed E-state index contributed by atoms with van der Waals surface area (Å²) in [5, 5.41) is 9.12. The molecule has 100 valence electrons. The third-order valence-corrected chi connectivity index (χ3v) is 3.11. The van der Waals surface area contributed by atoms with Crippen LogP contribution in [0.2, 0.25) is 0 Å². The number of benzene rings is 1. The normalized spacial score (nSPS) is 19.1. The molecular formula is C14H20O4. The van der Waals surface area contributed by atoms with Crippen LogP contribution in [-0.4, -0.2) is 31.5 Å². The van der Waals surface area contributed by atoms with Crippen LogP contribution in [-0.2, 0) is 22.7 Å². The molecule has 1 unspecified atom stereocenters. The van der Waals surface area contributed by atoms with Crippen LogP contribution in [0.4, 0.5) is 0 Å². The Morgan fingerprint density at radius 3 is 3.00 bits per heavy atom. The predicted octanol–water partition coefficient (Wildman–Crippen LogP) is 1.88. The molecule has 1 heterocycles. The molecule has 18 heavy (non-hydrogen) atoms. The number of ether oxygens (including phenoxy) is 3. The van der Waals surface area contributed by atoms with E-state index in [2.05, 4.69) is 0 Å². The van der Waals surface area contributed by atoms with Crippen molar-refractivity contribution in [2.24, 2.45) is 0 Å². The summed E-state index contributed by atoms with van der Waals surface area (Å²) in [6.45, 7) is 1.98. The Balaban J connectivity index is 1.89. The van der Waals surface area contributed by atoms with Gasteiger partial charge in [-0.2, -0.15) is 0 Å². The second-order valence-electron chi connectivity index (χ2n) is 4.45. The maximum Gasteiger partial charge on any atom is 0.124 e. The van der Waals surface area contributed by atoms with E-state index in [0.717, 1.165) is 36.3 Å². The van der Waals surface area contributed by atoms with Gasteiger partial charge in [0.2, 0.25) is 0 Å². The van der Waals surface area contributed by atoms with Gasteiger partial charge >= 0.3 is 0 Å². The Kier molecular flexibility index (Phi) is 4.99. The highest BCUT2D eigenvalue weighted by atomic mass is 16.5. The van der Waals surface area contributed by atoms with E-state index < -0.39 is 0 Å². The van der Waals surface area contributed by atoms with Gasteiger partial charge in [0, 0.05) is 12.2 Å². The Labute approximate surface area is 107 Å². The third kappa shape index (κ3) is 3.45. The molecule has 0 aromatic heterocycles. The van der Waals surface area contributed by atoms with Crippen LogP contribution in [0.1, 0.15) is 24.0 Å².